The Bertz CT molecular complexity index is 1040. The molecule has 0 spiro atoms. The first-order valence-electron chi connectivity index (χ1n) is 8.30. The van der Waals surface area contributed by atoms with Crippen LogP contribution in [0, 0.1) is 18.7 Å². The second kappa shape index (κ2) is 7.53. The lowest BCUT2D eigenvalue weighted by molar-refractivity contribution is 0.311. The van der Waals surface area contributed by atoms with Crippen LogP contribution in [-0.4, -0.2) is 23.5 Å². The Morgan fingerprint density at radius 2 is 2.00 bits per heavy atom. The Hall–Kier alpha value is -2.65. The van der Waals surface area contributed by atoms with Gasteiger partial charge in [0.1, 0.15) is 11.9 Å². The van der Waals surface area contributed by atoms with Gasteiger partial charge in [0, 0.05) is 18.0 Å². The minimum atomic E-state index is -3.91. The van der Waals surface area contributed by atoms with Crippen LogP contribution >= 0.6 is 0 Å². The maximum atomic E-state index is 13.3. The summed E-state index contributed by atoms with van der Waals surface area (Å²) in [6, 6.07) is 6.30. The molecule has 3 aromatic rings. The zero-order valence-corrected chi connectivity index (χ0v) is 15.9. The molecule has 9 heteroatoms. The molecule has 0 fully saturated rings. The lowest BCUT2D eigenvalue weighted by Gasteiger charge is -2.19. The molecule has 0 bridgehead atoms. The van der Waals surface area contributed by atoms with E-state index in [0.717, 1.165) is 6.07 Å². The average molecular weight is 390 g/mol. The maximum absolute atomic E-state index is 13.3. The molecule has 1 N–H and O–H groups in total. The Morgan fingerprint density at radius 1 is 1.22 bits per heavy atom. The van der Waals surface area contributed by atoms with E-state index in [1.54, 1.807) is 24.5 Å². The van der Waals surface area contributed by atoms with Gasteiger partial charge in [-0.05, 0) is 48.7 Å². The molecule has 7 nitrogen and oxygen atoms in total. The molecule has 27 heavy (non-hydrogen) atoms. The van der Waals surface area contributed by atoms with Crippen molar-refractivity contribution in [3.8, 4) is 11.4 Å². The molecule has 3 rings (SSSR count). The number of halogens is 1. The third kappa shape index (κ3) is 4.20. The first-order valence-corrected chi connectivity index (χ1v) is 9.79. The maximum Gasteiger partial charge on any atom is 0.245 e. The third-order valence-corrected chi connectivity index (χ3v) is 5.60. The van der Waals surface area contributed by atoms with Crippen LogP contribution in [0.1, 0.15) is 31.3 Å². The highest BCUT2D eigenvalue weighted by atomic mass is 32.2. The summed E-state index contributed by atoms with van der Waals surface area (Å²) in [6.07, 6.45) is 3.21. The first-order chi connectivity index (χ1) is 12.8. The first kappa shape index (κ1) is 19.1. The van der Waals surface area contributed by atoms with Gasteiger partial charge in [-0.1, -0.05) is 19.0 Å². The average Bonchev–Trinajstić information content (AvgIpc) is 3.09. The molecule has 142 valence electrons. The molecule has 0 saturated carbocycles. The smallest absolute Gasteiger partial charge is 0.245 e. The molecule has 0 saturated heterocycles. The molecule has 0 radical (unpaired) electrons. The molecule has 0 amide bonds. The second-order valence-corrected chi connectivity index (χ2v) is 8.13. The SMILES string of the molecule is Cc1cc(F)ccc1S(=O)(=O)NC(c1nc(-c2cccnc2)no1)C(C)C. The van der Waals surface area contributed by atoms with Crippen LogP contribution in [0.5, 0.6) is 0 Å². The largest absolute Gasteiger partial charge is 0.337 e. The summed E-state index contributed by atoms with van der Waals surface area (Å²) >= 11 is 0. The van der Waals surface area contributed by atoms with Gasteiger partial charge in [0.2, 0.25) is 21.7 Å². The number of benzene rings is 1. The van der Waals surface area contributed by atoms with Crippen LogP contribution in [0.4, 0.5) is 4.39 Å². The summed E-state index contributed by atoms with van der Waals surface area (Å²) < 4.78 is 46.8. The van der Waals surface area contributed by atoms with Crippen LogP contribution in [0.25, 0.3) is 11.4 Å². The summed E-state index contributed by atoms with van der Waals surface area (Å²) in [7, 11) is -3.91. The summed E-state index contributed by atoms with van der Waals surface area (Å²) in [5.74, 6) is -0.194. The predicted octanol–water partition coefficient (Wildman–Crippen LogP) is 3.25. The van der Waals surface area contributed by atoms with E-state index in [4.69, 9.17) is 4.52 Å². The van der Waals surface area contributed by atoms with E-state index in [-0.39, 0.29) is 16.7 Å². The Labute approximate surface area is 156 Å². The zero-order chi connectivity index (χ0) is 19.6. The summed E-state index contributed by atoms with van der Waals surface area (Å²) in [4.78, 5) is 8.32. The van der Waals surface area contributed by atoms with Crippen LogP contribution in [0.3, 0.4) is 0 Å². The fraction of sp³-hybridized carbons (Fsp3) is 0.278. The van der Waals surface area contributed by atoms with E-state index >= 15 is 0 Å². The van der Waals surface area contributed by atoms with Crippen molar-refractivity contribution in [1.29, 1.82) is 0 Å². The number of aryl methyl sites for hydroxylation is 1. The van der Waals surface area contributed by atoms with Crippen molar-refractivity contribution < 1.29 is 17.3 Å². The summed E-state index contributed by atoms with van der Waals surface area (Å²) in [5.41, 5.74) is 0.971. The van der Waals surface area contributed by atoms with Gasteiger partial charge in [0.25, 0.3) is 0 Å². The van der Waals surface area contributed by atoms with E-state index in [1.807, 2.05) is 13.8 Å². The lowest BCUT2D eigenvalue weighted by Crippen LogP contribution is -2.32. The standard InChI is InChI=1S/C18H19FN4O3S/c1-11(2)16(18-21-17(22-26-18)13-5-4-8-20-10-13)23-27(24,25)15-7-6-14(19)9-12(15)3/h4-11,16,23H,1-3H3. The lowest BCUT2D eigenvalue weighted by atomic mass is 10.1. The van der Waals surface area contributed by atoms with Gasteiger partial charge in [-0.15, -0.1) is 0 Å². The molecular weight excluding hydrogens is 371 g/mol. The normalized spacial score (nSPS) is 13.1. The Kier molecular flexibility index (Phi) is 5.33. The third-order valence-electron chi connectivity index (χ3n) is 4.00. The van der Waals surface area contributed by atoms with Crippen LogP contribution in [-0.2, 0) is 10.0 Å². The van der Waals surface area contributed by atoms with E-state index in [2.05, 4.69) is 19.8 Å². The van der Waals surface area contributed by atoms with Gasteiger partial charge in [-0.3, -0.25) is 4.98 Å². The molecule has 0 aliphatic rings. The number of sulfonamides is 1. The van der Waals surface area contributed by atoms with Gasteiger partial charge in [-0.2, -0.15) is 9.71 Å². The molecule has 0 aliphatic heterocycles. The van der Waals surface area contributed by atoms with Gasteiger partial charge >= 0.3 is 0 Å². The zero-order valence-electron chi connectivity index (χ0n) is 15.0. The highest BCUT2D eigenvalue weighted by Gasteiger charge is 2.29. The molecule has 1 atom stereocenters. The van der Waals surface area contributed by atoms with Gasteiger partial charge < -0.3 is 4.52 Å². The molecule has 1 aromatic carbocycles. The number of pyridine rings is 1. The van der Waals surface area contributed by atoms with Crippen LogP contribution < -0.4 is 4.72 Å². The molecule has 2 aromatic heterocycles. The van der Waals surface area contributed by atoms with Crippen molar-refractivity contribution in [2.75, 3.05) is 0 Å². The fourth-order valence-electron chi connectivity index (χ4n) is 2.59. The van der Waals surface area contributed by atoms with Crippen LogP contribution in [0.2, 0.25) is 0 Å². The number of nitrogens with one attached hydrogen (secondary N) is 1. The number of aromatic nitrogens is 3. The van der Waals surface area contributed by atoms with Crippen molar-refractivity contribution in [2.45, 2.75) is 31.7 Å². The Morgan fingerprint density at radius 3 is 2.63 bits per heavy atom. The highest BCUT2D eigenvalue weighted by Crippen LogP contribution is 2.26. The van der Waals surface area contributed by atoms with Crippen molar-refractivity contribution in [2.24, 2.45) is 5.92 Å². The van der Waals surface area contributed by atoms with Gasteiger partial charge in [0.15, 0.2) is 0 Å². The van der Waals surface area contributed by atoms with Crippen molar-refractivity contribution in [1.82, 2.24) is 19.8 Å². The number of hydrogen-bond donors (Lipinski definition) is 1. The summed E-state index contributed by atoms with van der Waals surface area (Å²) in [5, 5.41) is 3.91. The van der Waals surface area contributed by atoms with Crippen molar-refractivity contribution in [3.63, 3.8) is 0 Å². The quantitative estimate of drug-likeness (QED) is 0.694. The van der Waals surface area contributed by atoms with E-state index in [9.17, 15) is 12.8 Å². The van der Waals surface area contributed by atoms with Gasteiger partial charge in [0.05, 0.1) is 4.90 Å². The molecule has 1 unspecified atom stereocenters. The van der Waals surface area contributed by atoms with E-state index < -0.39 is 21.9 Å². The molecule has 0 aliphatic carbocycles. The molecule has 2 heterocycles. The van der Waals surface area contributed by atoms with Crippen LogP contribution in [0.15, 0.2) is 52.1 Å². The van der Waals surface area contributed by atoms with E-state index in [1.165, 1.54) is 19.1 Å². The minimum absolute atomic E-state index is 0.00143. The summed E-state index contributed by atoms with van der Waals surface area (Å²) in [6.45, 7) is 5.20. The minimum Gasteiger partial charge on any atom is -0.337 e. The molecular formula is C18H19FN4O3S. The highest BCUT2D eigenvalue weighted by molar-refractivity contribution is 7.89. The second-order valence-electron chi connectivity index (χ2n) is 6.45. The number of rotatable bonds is 6. The Balaban J connectivity index is 1.92. The number of hydrogen-bond acceptors (Lipinski definition) is 6. The van der Waals surface area contributed by atoms with Crippen molar-refractivity contribution in [3.05, 3.63) is 60.0 Å². The predicted molar refractivity (Wildman–Crippen MR) is 96.6 cm³/mol. The van der Waals surface area contributed by atoms with Crippen molar-refractivity contribution >= 4 is 10.0 Å². The fourth-order valence-corrected chi connectivity index (χ4v) is 4.15. The van der Waals surface area contributed by atoms with E-state index in [0.29, 0.717) is 17.0 Å². The topological polar surface area (TPSA) is 98.0 Å². The number of nitrogens with zero attached hydrogens (tertiary/aromatic N) is 3. The monoisotopic (exact) mass is 390 g/mol. The van der Waals surface area contributed by atoms with Gasteiger partial charge in [-0.25, -0.2) is 12.8 Å².